The molecule has 0 amide bonds. The van der Waals surface area contributed by atoms with E-state index in [-0.39, 0.29) is 0 Å². The van der Waals surface area contributed by atoms with Gasteiger partial charge >= 0.3 is 0 Å². The van der Waals surface area contributed by atoms with Crippen LogP contribution in [0.2, 0.25) is 0 Å². The highest BCUT2D eigenvalue weighted by Crippen LogP contribution is 2.11. The SMILES string of the molecule is CN(CCCN)c1nnc2ccccc2n1. The van der Waals surface area contributed by atoms with Gasteiger partial charge in [0.2, 0.25) is 5.95 Å². The normalized spacial score (nSPS) is 10.6. The number of nitrogens with two attached hydrogens (primary N) is 1. The zero-order valence-corrected chi connectivity index (χ0v) is 9.30. The van der Waals surface area contributed by atoms with Crippen molar-refractivity contribution in [2.45, 2.75) is 6.42 Å². The third kappa shape index (κ3) is 2.25. The van der Waals surface area contributed by atoms with Gasteiger partial charge in [0.15, 0.2) is 0 Å². The molecule has 2 rings (SSSR count). The maximum atomic E-state index is 5.46. The van der Waals surface area contributed by atoms with Crippen LogP contribution in [0.25, 0.3) is 11.0 Å². The van der Waals surface area contributed by atoms with E-state index < -0.39 is 0 Å². The van der Waals surface area contributed by atoms with Crippen LogP contribution < -0.4 is 10.6 Å². The number of rotatable bonds is 4. The van der Waals surface area contributed by atoms with Crippen LogP contribution in [-0.2, 0) is 0 Å². The molecule has 0 saturated carbocycles. The maximum absolute atomic E-state index is 5.46. The summed E-state index contributed by atoms with van der Waals surface area (Å²) < 4.78 is 0. The van der Waals surface area contributed by atoms with Crippen molar-refractivity contribution >= 4 is 17.0 Å². The van der Waals surface area contributed by atoms with Crippen molar-refractivity contribution in [2.24, 2.45) is 5.73 Å². The van der Waals surface area contributed by atoms with Crippen molar-refractivity contribution in [3.63, 3.8) is 0 Å². The van der Waals surface area contributed by atoms with E-state index in [9.17, 15) is 0 Å². The summed E-state index contributed by atoms with van der Waals surface area (Å²) in [5.74, 6) is 0.646. The molecule has 0 unspecified atom stereocenters. The minimum absolute atomic E-state index is 0.646. The Morgan fingerprint density at radius 3 is 2.69 bits per heavy atom. The van der Waals surface area contributed by atoms with Crippen LogP contribution in [0, 0.1) is 0 Å². The van der Waals surface area contributed by atoms with Crippen LogP contribution in [0.5, 0.6) is 0 Å². The van der Waals surface area contributed by atoms with Crippen LogP contribution >= 0.6 is 0 Å². The number of aromatic nitrogens is 3. The van der Waals surface area contributed by atoms with E-state index in [0.717, 1.165) is 24.0 Å². The Morgan fingerprint density at radius 2 is 1.94 bits per heavy atom. The maximum Gasteiger partial charge on any atom is 0.245 e. The molecule has 0 saturated heterocycles. The molecule has 5 heteroatoms. The first-order valence-corrected chi connectivity index (χ1v) is 5.32. The summed E-state index contributed by atoms with van der Waals surface area (Å²) in [6.45, 7) is 1.52. The molecule has 1 aromatic carbocycles. The van der Waals surface area contributed by atoms with Gasteiger partial charge in [-0.05, 0) is 25.1 Å². The number of hydrogen-bond donors (Lipinski definition) is 1. The van der Waals surface area contributed by atoms with Crippen molar-refractivity contribution in [3.05, 3.63) is 24.3 Å². The molecule has 1 heterocycles. The van der Waals surface area contributed by atoms with E-state index in [1.165, 1.54) is 0 Å². The summed E-state index contributed by atoms with van der Waals surface area (Å²) in [4.78, 5) is 6.40. The molecular weight excluding hydrogens is 202 g/mol. The van der Waals surface area contributed by atoms with E-state index in [1.807, 2.05) is 36.2 Å². The first-order chi connectivity index (χ1) is 7.81. The Kier molecular flexibility index (Phi) is 3.26. The van der Waals surface area contributed by atoms with Gasteiger partial charge in [-0.15, -0.1) is 10.2 Å². The van der Waals surface area contributed by atoms with Crippen molar-refractivity contribution in [1.82, 2.24) is 15.2 Å². The van der Waals surface area contributed by atoms with Gasteiger partial charge in [0.05, 0.1) is 5.52 Å². The predicted molar refractivity (Wildman–Crippen MR) is 64.3 cm³/mol. The quantitative estimate of drug-likeness (QED) is 0.820. The van der Waals surface area contributed by atoms with Crippen LogP contribution in [0.1, 0.15) is 6.42 Å². The molecule has 0 fully saturated rings. The van der Waals surface area contributed by atoms with Gasteiger partial charge in [-0.25, -0.2) is 4.98 Å². The predicted octanol–water partition coefficient (Wildman–Crippen LogP) is 0.810. The third-order valence-corrected chi connectivity index (χ3v) is 2.39. The van der Waals surface area contributed by atoms with Crippen molar-refractivity contribution in [3.8, 4) is 0 Å². The van der Waals surface area contributed by atoms with Gasteiger partial charge in [-0.1, -0.05) is 12.1 Å². The highest BCUT2D eigenvalue weighted by molar-refractivity contribution is 5.74. The number of para-hydroxylation sites is 1. The van der Waals surface area contributed by atoms with Crippen LogP contribution in [0.4, 0.5) is 5.95 Å². The Bertz CT molecular complexity index is 471. The minimum Gasteiger partial charge on any atom is -0.343 e. The number of benzene rings is 1. The largest absolute Gasteiger partial charge is 0.343 e. The molecular formula is C11H15N5. The molecule has 5 nitrogen and oxygen atoms in total. The first-order valence-electron chi connectivity index (χ1n) is 5.32. The lowest BCUT2D eigenvalue weighted by atomic mass is 10.3. The molecule has 0 aliphatic carbocycles. The summed E-state index contributed by atoms with van der Waals surface area (Å²) >= 11 is 0. The number of fused-ring (bicyclic) bond motifs is 1. The topological polar surface area (TPSA) is 67.9 Å². The van der Waals surface area contributed by atoms with E-state index in [0.29, 0.717) is 12.5 Å². The molecule has 2 N–H and O–H groups in total. The molecule has 0 aliphatic heterocycles. The highest BCUT2D eigenvalue weighted by Gasteiger charge is 2.05. The molecule has 0 spiro atoms. The first kappa shape index (κ1) is 10.8. The number of hydrogen-bond acceptors (Lipinski definition) is 5. The summed E-state index contributed by atoms with van der Waals surface area (Å²) in [7, 11) is 1.95. The Morgan fingerprint density at radius 1 is 1.19 bits per heavy atom. The summed E-state index contributed by atoms with van der Waals surface area (Å²) in [5.41, 5.74) is 7.15. The van der Waals surface area contributed by atoms with Gasteiger partial charge in [0, 0.05) is 13.6 Å². The van der Waals surface area contributed by atoms with E-state index >= 15 is 0 Å². The summed E-state index contributed by atoms with van der Waals surface area (Å²) in [5, 5.41) is 8.21. The highest BCUT2D eigenvalue weighted by atomic mass is 15.3. The van der Waals surface area contributed by atoms with Crippen molar-refractivity contribution < 1.29 is 0 Å². The van der Waals surface area contributed by atoms with Gasteiger partial charge in [-0.3, -0.25) is 0 Å². The van der Waals surface area contributed by atoms with Gasteiger partial charge < -0.3 is 10.6 Å². The zero-order chi connectivity index (χ0) is 11.4. The fraction of sp³-hybridized carbons (Fsp3) is 0.364. The summed E-state index contributed by atoms with van der Waals surface area (Å²) in [6, 6.07) is 7.71. The van der Waals surface area contributed by atoms with Crippen LogP contribution in [0.3, 0.4) is 0 Å². The minimum atomic E-state index is 0.646. The fourth-order valence-corrected chi connectivity index (χ4v) is 1.46. The Hall–Kier alpha value is -1.75. The molecule has 0 atom stereocenters. The monoisotopic (exact) mass is 217 g/mol. The van der Waals surface area contributed by atoms with Crippen molar-refractivity contribution in [1.29, 1.82) is 0 Å². The molecule has 84 valence electrons. The van der Waals surface area contributed by atoms with E-state index in [1.54, 1.807) is 0 Å². The fourth-order valence-electron chi connectivity index (χ4n) is 1.46. The second kappa shape index (κ2) is 4.85. The zero-order valence-electron chi connectivity index (χ0n) is 9.30. The van der Waals surface area contributed by atoms with Gasteiger partial charge in [0.1, 0.15) is 5.52 Å². The average Bonchev–Trinajstić information content (AvgIpc) is 2.35. The standard InChI is InChI=1S/C11H15N5/c1-16(8-4-7-12)11-13-9-5-2-3-6-10(9)14-15-11/h2-3,5-6H,4,7-8,12H2,1H3. The van der Waals surface area contributed by atoms with Gasteiger partial charge in [-0.2, -0.15) is 0 Å². The lowest BCUT2D eigenvalue weighted by Crippen LogP contribution is -2.23. The van der Waals surface area contributed by atoms with Crippen molar-refractivity contribution in [2.75, 3.05) is 25.0 Å². The smallest absolute Gasteiger partial charge is 0.245 e. The lowest BCUT2D eigenvalue weighted by Gasteiger charge is -2.15. The van der Waals surface area contributed by atoms with E-state index in [2.05, 4.69) is 15.2 Å². The van der Waals surface area contributed by atoms with Gasteiger partial charge in [0.25, 0.3) is 0 Å². The molecule has 1 aromatic heterocycles. The average molecular weight is 217 g/mol. The van der Waals surface area contributed by atoms with Crippen LogP contribution in [0.15, 0.2) is 24.3 Å². The third-order valence-electron chi connectivity index (χ3n) is 2.39. The molecule has 16 heavy (non-hydrogen) atoms. The van der Waals surface area contributed by atoms with Crippen LogP contribution in [-0.4, -0.2) is 35.3 Å². The molecule has 2 aromatic rings. The Balaban J connectivity index is 2.25. The van der Waals surface area contributed by atoms with E-state index in [4.69, 9.17) is 5.73 Å². The summed E-state index contributed by atoms with van der Waals surface area (Å²) in [6.07, 6.45) is 0.923. The lowest BCUT2D eigenvalue weighted by molar-refractivity contribution is 0.768. The number of anilines is 1. The Labute approximate surface area is 94.3 Å². The molecule has 0 radical (unpaired) electrons. The number of nitrogens with zero attached hydrogens (tertiary/aromatic N) is 4. The second-order valence-electron chi connectivity index (χ2n) is 3.66. The second-order valence-corrected chi connectivity index (χ2v) is 3.66. The molecule has 0 aliphatic rings. The molecule has 0 bridgehead atoms.